The highest BCUT2D eigenvalue weighted by molar-refractivity contribution is 7.89. The SMILES string of the molecule is CCC(C)(C)CNS(=O)(=O)c1ccc(F)c(CN)c1. The molecule has 0 aliphatic carbocycles. The van der Waals surface area contributed by atoms with Crippen LogP contribution in [0.4, 0.5) is 4.39 Å². The summed E-state index contributed by atoms with van der Waals surface area (Å²) in [5.74, 6) is -0.490. The van der Waals surface area contributed by atoms with Gasteiger partial charge in [0.1, 0.15) is 5.82 Å². The smallest absolute Gasteiger partial charge is 0.240 e. The second-order valence-corrected chi connectivity index (χ2v) is 7.07. The first-order valence-electron chi connectivity index (χ1n) is 6.20. The van der Waals surface area contributed by atoms with Gasteiger partial charge in [0.05, 0.1) is 4.90 Å². The first kappa shape index (κ1) is 16.1. The number of sulfonamides is 1. The minimum atomic E-state index is -3.63. The molecule has 6 heteroatoms. The Bertz CT molecular complexity index is 542. The molecule has 0 heterocycles. The number of benzene rings is 1. The monoisotopic (exact) mass is 288 g/mol. The minimum absolute atomic E-state index is 0.0321. The second-order valence-electron chi connectivity index (χ2n) is 5.30. The zero-order valence-corrected chi connectivity index (χ0v) is 12.3. The van der Waals surface area contributed by atoms with E-state index in [1.54, 1.807) is 0 Å². The number of rotatable bonds is 6. The standard InChI is InChI=1S/C13H21FN2O2S/c1-4-13(2,3)9-16-19(17,18)11-5-6-12(14)10(7-11)8-15/h5-7,16H,4,8-9,15H2,1-3H3. The van der Waals surface area contributed by atoms with Gasteiger partial charge in [0.2, 0.25) is 10.0 Å². The van der Waals surface area contributed by atoms with Crippen molar-refractivity contribution in [3.05, 3.63) is 29.6 Å². The van der Waals surface area contributed by atoms with E-state index in [-0.39, 0.29) is 22.4 Å². The Kier molecular flexibility index (Phi) is 5.06. The molecule has 0 aliphatic heterocycles. The van der Waals surface area contributed by atoms with Crippen LogP contribution in [0, 0.1) is 11.2 Å². The molecule has 1 aromatic rings. The predicted molar refractivity (Wildman–Crippen MR) is 73.6 cm³/mol. The number of hydrogen-bond donors (Lipinski definition) is 2. The molecule has 0 aromatic heterocycles. The Balaban J connectivity index is 2.95. The van der Waals surface area contributed by atoms with Gasteiger partial charge in [0.15, 0.2) is 0 Å². The average molecular weight is 288 g/mol. The van der Waals surface area contributed by atoms with Gasteiger partial charge in [0, 0.05) is 18.7 Å². The van der Waals surface area contributed by atoms with Crippen LogP contribution in [-0.4, -0.2) is 15.0 Å². The molecule has 0 radical (unpaired) electrons. The van der Waals surface area contributed by atoms with Gasteiger partial charge in [-0.1, -0.05) is 20.8 Å². The Labute approximate surface area is 114 Å². The molecule has 0 aliphatic rings. The summed E-state index contributed by atoms with van der Waals surface area (Å²) in [6, 6.07) is 3.65. The largest absolute Gasteiger partial charge is 0.326 e. The van der Waals surface area contributed by atoms with Crippen LogP contribution < -0.4 is 10.5 Å². The second kappa shape index (κ2) is 5.98. The van der Waals surface area contributed by atoms with E-state index in [0.29, 0.717) is 6.54 Å². The predicted octanol–water partition coefficient (Wildman–Crippen LogP) is 2.00. The fraction of sp³-hybridized carbons (Fsp3) is 0.538. The van der Waals surface area contributed by atoms with Crippen molar-refractivity contribution in [3.8, 4) is 0 Å². The summed E-state index contributed by atoms with van der Waals surface area (Å²) in [6.07, 6.45) is 0.854. The third kappa shape index (κ3) is 4.26. The molecule has 0 amide bonds. The quantitative estimate of drug-likeness (QED) is 0.841. The molecule has 3 N–H and O–H groups in total. The molecule has 0 spiro atoms. The lowest BCUT2D eigenvalue weighted by Gasteiger charge is -2.22. The van der Waals surface area contributed by atoms with E-state index < -0.39 is 15.8 Å². The van der Waals surface area contributed by atoms with Crippen molar-refractivity contribution in [2.75, 3.05) is 6.54 Å². The first-order valence-corrected chi connectivity index (χ1v) is 7.68. The van der Waals surface area contributed by atoms with Crippen molar-refractivity contribution in [2.24, 2.45) is 11.1 Å². The summed E-state index contributed by atoms with van der Waals surface area (Å²) in [4.78, 5) is 0.0428. The van der Waals surface area contributed by atoms with E-state index in [9.17, 15) is 12.8 Å². The zero-order chi connectivity index (χ0) is 14.7. The number of nitrogens with one attached hydrogen (secondary N) is 1. The average Bonchev–Trinajstić information content (AvgIpc) is 2.37. The van der Waals surface area contributed by atoms with Crippen LogP contribution in [-0.2, 0) is 16.6 Å². The van der Waals surface area contributed by atoms with Crippen molar-refractivity contribution in [1.82, 2.24) is 4.72 Å². The van der Waals surface area contributed by atoms with E-state index in [1.165, 1.54) is 12.1 Å². The van der Waals surface area contributed by atoms with Gasteiger partial charge in [-0.2, -0.15) is 0 Å². The number of hydrogen-bond acceptors (Lipinski definition) is 3. The third-order valence-electron chi connectivity index (χ3n) is 3.25. The molecule has 1 aromatic carbocycles. The topological polar surface area (TPSA) is 72.2 Å². The van der Waals surface area contributed by atoms with E-state index >= 15 is 0 Å². The van der Waals surface area contributed by atoms with Crippen LogP contribution in [0.15, 0.2) is 23.1 Å². The third-order valence-corrected chi connectivity index (χ3v) is 4.64. The molecule has 0 unspecified atom stereocenters. The van der Waals surface area contributed by atoms with Gasteiger partial charge in [-0.15, -0.1) is 0 Å². The maximum Gasteiger partial charge on any atom is 0.240 e. The molecule has 4 nitrogen and oxygen atoms in total. The molecule has 0 saturated carbocycles. The zero-order valence-electron chi connectivity index (χ0n) is 11.5. The van der Waals surface area contributed by atoms with E-state index in [4.69, 9.17) is 5.73 Å². The molecular weight excluding hydrogens is 267 g/mol. The van der Waals surface area contributed by atoms with Gasteiger partial charge in [-0.3, -0.25) is 0 Å². The minimum Gasteiger partial charge on any atom is -0.326 e. The van der Waals surface area contributed by atoms with Gasteiger partial charge >= 0.3 is 0 Å². The van der Waals surface area contributed by atoms with Gasteiger partial charge in [0.25, 0.3) is 0 Å². The lowest BCUT2D eigenvalue weighted by molar-refractivity contribution is 0.350. The van der Waals surface area contributed by atoms with Crippen LogP contribution in [0.3, 0.4) is 0 Å². The molecule has 0 atom stereocenters. The summed E-state index contributed by atoms with van der Waals surface area (Å²) in [6.45, 7) is 6.26. The van der Waals surface area contributed by atoms with Crippen LogP contribution in [0.25, 0.3) is 0 Å². The molecule has 0 fully saturated rings. The van der Waals surface area contributed by atoms with Crippen LogP contribution in [0.2, 0.25) is 0 Å². The van der Waals surface area contributed by atoms with E-state index in [1.807, 2.05) is 20.8 Å². The summed E-state index contributed by atoms with van der Waals surface area (Å²) < 4.78 is 40.0. The number of halogens is 1. The highest BCUT2D eigenvalue weighted by atomic mass is 32.2. The maximum atomic E-state index is 13.3. The fourth-order valence-electron chi connectivity index (χ4n) is 1.37. The molecule has 1 rings (SSSR count). The van der Waals surface area contributed by atoms with Crippen LogP contribution in [0.1, 0.15) is 32.8 Å². The van der Waals surface area contributed by atoms with E-state index in [2.05, 4.69) is 4.72 Å². The summed E-state index contributed by atoms with van der Waals surface area (Å²) in [7, 11) is -3.63. The summed E-state index contributed by atoms with van der Waals surface area (Å²) in [5.41, 5.74) is 5.44. The maximum absolute atomic E-state index is 13.3. The normalized spacial score (nSPS) is 12.7. The van der Waals surface area contributed by atoms with Crippen molar-refractivity contribution < 1.29 is 12.8 Å². The Hall–Kier alpha value is -0.980. The van der Waals surface area contributed by atoms with Crippen LogP contribution in [0.5, 0.6) is 0 Å². The Morgan fingerprint density at radius 1 is 1.37 bits per heavy atom. The number of nitrogens with two attached hydrogens (primary N) is 1. The molecule has 19 heavy (non-hydrogen) atoms. The highest BCUT2D eigenvalue weighted by Gasteiger charge is 2.21. The molecule has 0 saturated heterocycles. The Morgan fingerprint density at radius 3 is 2.53 bits per heavy atom. The fourth-order valence-corrected chi connectivity index (χ4v) is 2.67. The van der Waals surface area contributed by atoms with Crippen LogP contribution >= 0.6 is 0 Å². The van der Waals surface area contributed by atoms with Crippen molar-refractivity contribution >= 4 is 10.0 Å². The van der Waals surface area contributed by atoms with Gasteiger partial charge in [-0.05, 0) is 30.0 Å². The van der Waals surface area contributed by atoms with Gasteiger partial charge in [-0.25, -0.2) is 17.5 Å². The first-order chi connectivity index (χ1) is 8.72. The van der Waals surface area contributed by atoms with Crippen molar-refractivity contribution in [2.45, 2.75) is 38.6 Å². The lowest BCUT2D eigenvalue weighted by Crippen LogP contribution is -2.33. The van der Waals surface area contributed by atoms with E-state index in [0.717, 1.165) is 12.5 Å². The van der Waals surface area contributed by atoms with Gasteiger partial charge < -0.3 is 5.73 Å². The lowest BCUT2D eigenvalue weighted by atomic mass is 9.91. The summed E-state index contributed by atoms with van der Waals surface area (Å²) in [5, 5.41) is 0. The molecule has 0 bridgehead atoms. The summed E-state index contributed by atoms with van der Waals surface area (Å²) >= 11 is 0. The van der Waals surface area contributed by atoms with Crippen molar-refractivity contribution in [3.63, 3.8) is 0 Å². The molecular formula is C13H21FN2O2S. The van der Waals surface area contributed by atoms with Crippen molar-refractivity contribution in [1.29, 1.82) is 0 Å². The Morgan fingerprint density at radius 2 is 2.00 bits per heavy atom. The highest BCUT2D eigenvalue weighted by Crippen LogP contribution is 2.20. The molecule has 108 valence electrons.